The van der Waals surface area contributed by atoms with Crippen LogP contribution in [0.3, 0.4) is 0 Å². The first-order valence-corrected chi connectivity index (χ1v) is 14.4. The van der Waals surface area contributed by atoms with Crippen LogP contribution in [0.25, 0.3) is 6.08 Å². The maximum absolute atomic E-state index is 14.3. The highest BCUT2D eigenvalue weighted by Crippen LogP contribution is 2.48. The fourth-order valence-electron chi connectivity index (χ4n) is 4.99. The van der Waals surface area contributed by atoms with E-state index in [0.717, 1.165) is 56.8 Å². The Balaban J connectivity index is 1.56. The number of benzene rings is 2. The molecule has 1 N–H and O–H groups in total. The number of halogens is 6. The number of anilines is 1. The number of nitrogens with one attached hydrogen (secondary N) is 1. The Morgan fingerprint density at radius 2 is 1.71 bits per heavy atom. The van der Waals surface area contributed by atoms with Gasteiger partial charge in [0.25, 0.3) is 0 Å². The molecular formula is C29H33F6N3O3S. The van der Waals surface area contributed by atoms with Crippen LogP contribution in [0.15, 0.2) is 52.3 Å². The van der Waals surface area contributed by atoms with E-state index in [1.165, 1.54) is 4.90 Å². The van der Waals surface area contributed by atoms with E-state index in [-0.39, 0.29) is 32.3 Å². The standard InChI is InChI=1S/C29H33F6N3O3S/c1-40-16-13-37-11-9-21(10-12-37)36-22-3-2-4-23(19-22)42-24-7-5-20(6-8-25(39)38-14-17-41-18-15-38)26(28(30,31)32)27(24)29(33,34)35/h2-8,19,21,36H,9-18H2,1H3/b8-6+. The molecule has 0 aromatic heterocycles. The second-order valence-corrected chi connectivity index (χ2v) is 11.2. The van der Waals surface area contributed by atoms with Crippen LogP contribution < -0.4 is 5.32 Å². The minimum absolute atomic E-state index is 0.165. The molecule has 42 heavy (non-hydrogen) atoms. The van der Waals surface area contributed by atoms with Gasteiger partial charge in [-0.15, -0.1) is 0 Å². The summed E-state index contributed by atoms with van der Waals surface area (Å²) in [5, 5.41) is 3.40. The van der Waals surface area contributed by atoms with Gasteiger partial charge >= 0.3 is 12.4 Å². The van der Waals surface area contributed by atoms with Crippen molar-refractivity contribution in [2.75, 3.05) is 65.0 Å². The number of hydrogen-bond donors (Lipinski definition) is 1. The molecule has 2 fully saturated rings. The number of alkyl halides is 6. The van der Waals surface area contributed by atoms with Gasteiger partial charge in [-0.05, 0) is 48.7 Å². The molecule has 2 heterocycles. The Hall–Kier alpha value is -2.74. The molecule has 13 heteroatoms. The molecule has 0 saturated carbocycles. The first-order valence-electron chi connectivity index (χ1n) is 13.6. The summed E-state index contributed by atoms with van der Waals surface area (Å²) in [6.07, 6.45) is -7.19. The first-order chi connectivity index (χ1) is 20.0. The number of morpholine rings is 1. The average Bonchev–Trinajstić information content (AvgIpc) is 2.95. The van der Waals surface area contributed by atoms with Gasteiger partial charge in [0.2, 0.25) is 5.91 Å². The quantitative estimate of drug-likeness (QED) is 0.265. The van der Waals surface area contributed by atoms with Crippen LogP contribution >= 0.6 is 11.8 Å². The van der Waals surface area contributed by atoms with E-state index in [2.05, 4.69) is 10.2 Å². The van der Waals surface area contributed by atoms with E-state index in [4.69, 9.17) is 9.47 Å². The first kappa shape index (κ1) is 32.2. The molecule has 2 aromatic rings. The lowest BCUT2D eigenvalue weighted by Gasteiger charge is -2.32. The third kappa shape index (κ3) is 8.65. The second kappa shape index (κ2) is 14.2. The number of methoxy groups -OCH3 is 1. The number of rotatable bonds is 9. The average molecular weight is 618 g/mol. The highest BCUT2D eigenvalue weighted by atomic mass is 32.2. The SMILES string of the molecule is COCCN1CCC(Nc2cccc(Sc3ccc(/C=C/C(=O)N4CCOCC4)c(C(F)(F)F)c3C(F)(F)F)c2)CC1. The molecule has 0 atom stereocenters. The molecule has 230 valence electrons. The van der Waals surface area contributed by atoms with Crippen molar-refractivity contribution in [1.29, 1.82) is 0 Å². The second-order valence-electron chi connectivity index (χ2n) is 10.1. The number of ether oxygens (including phenoxy) is 2. The number of hydrogen-bond acceptors (Lipinski definition) is 6. The predicted octanol–water partition coefficient (Wildman–Crippen LogP) is 6.27. The maximum Gasteiger partial charge on any atom is 0.418 e. The number of amides is 1. The molecule has 2 aliphatic heterocycles. The number of nitrogens with zero attached hydrogens (tertiary/aromatic N) is 2. The summed E-state index contributed by atoms with van der Waals surface area (Å²) in [7, 11) is 1.66. The number of piperidine rings is 1. The molecular weight excluding hydrogens is 584 g/mol. The lowest BCUT2D eigenvalue weighted by Crippen LogP contribution is -2.40. The van der Waals surface area contributed by atoms with Gasteiger partial charge in [0.15, 0.2) is 0 Å². The van der Waals surface area contributed by atoms with Crippen molar-refractivity contribution in [3.63, 3.8) is 0 Å². The molecule has 4 rings (SSSR count). The normalized spacial score (nSPS) is 17.6. The van der Waals surface area contributed by atoms with Gasteiger partial charge < -0.3 is 24.6 Å². The van der Waals surface area contributed by atoms with E-state index < -0.39 is 39.8 Å². The lowest BCUT2D eigenvalue weighted by atomic mass is 9.99. The van der Waals surface area contributed by atoms with E-state index in [0.29, 0.717) is 29.0 Å². The van der Waals surface area contributed by atoms with E-state index >= 15 is 0 Å². The lowest BCUT2D eigenvalue weighted by molar-refractivity contribution is -0.163. The highest BCUT2D eigenvalue weighted by molar-refractivity contribution is 7.99. The van der Waals surface area contributed by atoms with Crippen LogP contribution in [0.5, 0.6) is 0 Å². The molecule has 2 aromatic carbocycles. The largest absolute Gasteiger partial charge is 0.418 e. The Morgan fingerprint density at radius 1 is 1.02 bits per heavy atom. The minimum atomic E-state index is -5.31. The van der Waals surface area contributed by atoms with Gasteiger partial charge in [0.05, 0.1) is 30.9 Å². The van der Waals surface area contributed by atoms with Gasteiger partial charge in [-0.2, -0.15) is 26.3 Å². The third-order valence-electron chi connectivity index (χ3n) is 7.13. The minimum Gasteiger partial charge on any atom is -0.383 e. The van der Waals surface area contributed by atoms with Crippen LogP contribution in [0.4, 0.5) is 32.0 Å². The summed E-state index contributed by atoms with van der Waals surface area (Å²) in [6, 6.07) is 8.81. The fourth-order valence-corrected chi connectivity index (χ4v) is 6.04. The molecule has 2 aliphatic rings. The van der Waals surface area contributed by atoms with Crippen LogP contribution in [0.2, 0.25) is 0 Å². The molecule has 0 unspecified atom stereocenters. The van der Waals surface area contributed by atoms with E-state index in [1.807, 2.05) is 0 Å². The Labute approximate surface area is 245 Å². The van der Waals surface area contributed by atoms with Crippen molar-refractivity contribution in [2.24, 2.45) is 0 Å². The van der Waals surface area contributed by atoms with E-state index in [9.17, 15) is 31.1 Å². The molecule has 2 saturated heterocycles. The van der Waals surface area contributed by atoms with Gasteiger partial charge in [-0.25, -0.2) is 0 Å². The summed E-state index contributed by atoms with van der Waals surface area (Å²) in [5.41, 5.74) is -3.64. The Morgan fingerprint density at radius 3 is 2.36 bits per heavy atom. The van der Waals surface area contributed by atoms with Crippen molar-refractivity contribution >= 4 is 29.4 Å². The Bertz CT molecular complexity index is 1240. The highest BCUT2D eigenvalue weighted by Gasteiger charge is 2.46. The topological polar surface area (TPSA) is 54.0 Å². The fraction of sp³-hybridized carbons (Fsp3) is 0.483. The van der Waals surface area contributed by atoms with Crippen molar-refractivity contribution in [2.45, 2.75) is 41.0 Å². The summed E-state index contributed by atoms with van der Waals surface area (Å²) < 4.78 is 95.6. The number of likely N-dealkylation sites (tertiary alicyclic amines) is 1. The van der Waals surface area contributed by atoms with Gasteiger partial charge in [0.1, 0.15) is 0 Å². The zero-order valence-corrected chi connectivity index (χ0v) is 23.9. The van der Waals surface area contributed by atoms with Crippen LogP contribution in [0.1, 0.15) is 29.5 Å². The monoisotopic (exact) mass is 617 g/mol. The van der Waals surface area contributed by atoms with Gasteiger partial charge in [-0.3, -0.25) is 4.79 Å². The molecule has 0 radical (unpaired) electrons. The van der Waals surface area contributed by atoms with Crippen molar-refractivity contribution in [1.82, 2.24) is 9.80 Å². The third-order valence-corrected chi connectivity index (χ3v) is 8.18. The summed E-state index contributed by atoms with van der Waals surface area (Å²) >= 11 is 0.618. The van der Waals surface area contributed by atoms with Crippen LogP contribution in [0, 0.1) is 0 Å². The van der Waals surface area contributed by atoms with Crippen LogP contribution in [-0.2, 0) is 26.6 Å². The zero-order valence-electron chi connectivity index (χ0n) is 23.1. The van der Waals surface area contributed by atoms with Crippen LogP contribution in [-0.4, -0.2) is 81.4 Å². The van der Waals surface area contributed by atoms with Gasteiger partial charge in [0, 0.05) is 67.4 Å². The van der Waals surface area contributed by atoms with Gasteiger partial charge in [-0.1, -0.05) is 23.9 Å². The number of carbonyl (C=O) groups is 1. The maximum atomic E-state index is 14.3. The summed E-state index contributed by atoms with van der Waals surface area (Å²) in [5.74, 6) is -0.594. The van der Waals surface area contributed by atoms with Crippen molar-refractivity contribution in [3.8, 4) is 0 Å². The smallest absolute Gasteiger partial charge is 0.383 e. The number of carbonyl (C=O) groups excluding carboxylic acids is 1. The molecule has 0 aliphatic carbocycles. The predicted molar refractivity (Wildman–Crippen MR) is 148 cm³/mol. The zero-order chi connectivity index (χ0) is 30.3. The molecule has 0 spiro atoms. The van der Waals surface area contributed by atoms with Crippen molar-refractivity contribution < 1.29 is 40.6 Å². The summed E-state index contributed by atoms with van der Waals surface area (Å²) in [4.78, 5) is 15.9. The Kier molecular flexibility index (Phi) is 10.8. The molecule has 6 nitrogen and oxygen atoms in total. The molecule has 1 amide bonds. The molecule has 0 bridgehead atoms. The van der Waals surface area contributed by atoms with Crippen molar-refractivity contribution in [3.05, 3.63) is 59.2 Å². The summed E-state index contributed by atoms with van der Waals surface area (Å²) in [6.45, 7) is 4.31. The van der Waals surface area contributed by atoms with E-state index in [1.54, 1.807) is 31.4 Å².